The number of allylic oxidation sites excluding steroid dienone is 2. The maximum absolute atomic E-state index is 12.6. The van der Waals surface area contributed by atoms with E-state index in [9.17, 15) is 19.7 Å². The summed E-state index contributed by atoms with van der Waals surface area (Å²) in [6.45, 7) is 0. The molecule has 1 saturated heterocycles. The Balaban J connectivity index is 1.56. The molecule has 1 heterocycles. The lowest BCUT2D eigenvalue weighted by atomic mass is 9.63. The van der Waals surface area contributed by atoms with Gasteiger partial charge in [0.1, 0.15) is 0 Å². The van der Waals surface area contributed by atoms with E-state index in [0.717, 1.165) is 17.9 Å². The molecular formula is C17H15N3O4. The van der Waals surface area contributed by atoms with Gasteiger partial charge >= 0.3 is 0 Å². The molecule has 7 heteroatoms. The molecule has 1 aromatic rings. The second-order valence-electron chi connectivity index (χ2n) is 6.42. The van der Waals surface area contributed by atoms with Crippen molar-refractivity contribution in [3.05, 3.63) is 52.1 Å². The van der Waals surface area contributed by atoms with Crippen LogP contribution in [-0.4, -0.2) is 28.0 Å². The summed E-state index contributed by atoms with van der Waals surface area (Å²) in [5.74, 6) is -0.762. The molecule has 2 fully saturated rings. The Labute approximate surface area is 137 Å². The Morgan fingerprint density at radius 1 is 1.04 bits per heavy atom. The fourth-order valence-corrected chi connectivity index (χ4v) is 3.98. The number of carbonyl (C=O) groups excluding carboxylic acids is 2. The first-order valence-electron chi connectivity index (χ1n) is 7.91. The molecule has 1 aromatic carbocycles. The van der Waals surface area contributed by atoms with Crippen molar-refractivity contribution >= 4 is 23.7 Å². The third kappa shape index (κ3) is 2.16. The van der Waals surface area contributed by atoms with E-state index in [0.29, 0.717) is 5.56 Å². The Hall–Kier alpha value is -2.83. The Morgan fingerprint density at radius 2 is 1.58 bits per heavy atom. The van der Waals surface area contributed by atoms with E-state index in [1.54, 1.807) is 0 Å². The molecule has 0 N–H and O–H groups in total. The third-order valence-electron chi connectivity index (χ3n) is 5.16. The molecule has 3 aliphatic carbocycles. The number of benzene rings is 1. The van der Waals surface area contributed by atoms with E-state index < -0.39 is 4.92 Å². The van der Waals surface area contributed by atoms with Crippen molar-refractivity contribution in [2.75, 3.05) is 0 Å². The van der Waals surface area contributed by atoms with Gasteiger partial charge in [-0.3, -0.25) is 19.7 Å². The first-order valence-corrected chi connectivity index (χ1v) is 7.91. The van der Waals surface area contributed by atoms with Gasteiger partial charge in [-0.25, -0.2) is 0 Å². The normalized spacial score (nSPS) is 31.1. The number of hydrazone groups is 1. The van der Waals surface area contributed by atoms with Crippen molar-refractivity contribution in [3.8, 4) is 0 Å². The molecular weight excluding hydrogens is 310 g/mol. The summed E-state index contributed by atoms with van der Waals surface area (Å²) in [4.78, 5) is 35.3. The molecule has 5 rings (SSSR count). The smallest absolute Gasteiger partial charge is 0.269 e. The van der Waals surface area contributed by atoms with E-state index >= 15 is 0 Å². The molecule has 4 aliphatic rings. The van der Waals surface area contributed by atoms with Crippen LogP contribution in [-0.2, 0) is 9.59 Å². The van der Waals surface area contributed by atoms with Crippen LogP contribution >= 0.6 is 0 Å². The van der Waals surface area contributed by atoms with E-state index in [1.165, 1.54) is 30.5 Å². The van der Waals surface area contributed by atoms with Crippen molar-refractivity contribution in [3.63, 3.8) is 0 Å². The summed E-state index contributed by atoms with van der Waals surface area (Å²) in [5, 5.41) is 15.7. The predicted octanol–water partition coefficient (Wildman–Crippen LogP) is 2.13. The molecule has 0 aromatic heterocycles. The lowest BCUT2D eigenvalue weighted by molar-refractivity contribution is -0.384. The fraction of sp³-hybridized carbons (Fsp3) is 0.353. The number of nitro groups is 1. The van der Waals surface area contributed by atoms with Crippen LogP contribution in [0.15, 0.2) is 41.5 Å². The third-order valence-corrected chi connectivity index (χ3v) is 5.16. The lowest BCUT2D eigenvalue weighted by Crippen LogP contribution is -2.38. The number of nitrogens with zero attached hydrogens (tertiary/aromatic N) is 3. The molecule has 4 atom stereocenters. The molecule has 7 nitrogen and oxygen atoms in total. The highest BCUT2D eigenvalue weighted by molar-refractivity contribution is 6.06. The van der Waals surface area contributed by atoms with Gasteiger partial charge in [-0.2, -0.15) is 10.1 Å². The first kappa shape index (κ1) is 14.7. The molecule has 4 unspecified atom stereocenters. The summed E-state index contributed by atoms with van der Waals surface area (Å²) in [6.07, 6.45) is 7.41. The molecule has 1 saturated carbocycles. The van der Waals surface area contributed by atoms with Crippen LogP contribution in [0, 0.1) is 33.8 Å². The molecule has 0 spiro atoms. The molecule has 1 aliphatic heterocycles. The number of carbonyl (C=O) groups is 2. The average Bonchev–Trinajstić information content (AvgIpc) is 2.87. The van der Waals surface area contributed by atoms with Gasteiger partial charge in [0.05, 0.1) is 23.0 Å². The minimum absolute atomic E-state index is 0.0193. The van der Waals surface area contributed by atoms with Crippen molar-refractivity contribution in [2.45, 2.75) is 12.8 Å². The van der Waals surface area contributed by atoms with Crippen LogP contribution in [0.4, 0.5) is 5.69 Å². The zero-order chi connectivity index (χ0) is 16.8. The number of rotatable bonds is 3. The number of hydrogen-bond acceptors (Lipinski definition) is 5. The van der Waals surface area contributed by atoms with Gasteiger partial charge in [0.25, 0.3) is 17.5 Å². The van der Waals surface area contributed by atoms with Crippen molar-refractivity contribution in [1.82, 2.24) is 5.01 Å². The number of amides is 2. The number of non-ortho nitro benzene ring substituents is 1. The molecule has 2 amide bonds. The summed E-state index contributed by atoms with van der Waals surface area (Å²) in [7, 11) is 0. The monoisotopic (exact) mass is 325 g/mol. The minimum Gasteiger partial charge on any atom is -0.272 e. The quantitative estimate of drug-likeness (QED) is 0.280. The first-order chi connectivity index (χ1) is 11.6. The van der Waals surface area contributed by atoms with Crippen molar-refractivity contribution < 1.29 is 14.5 Å². The van der Waals surface area contributed by atoms with Gasteiger partial charge in [0.2, 0.25) is 0 Å². The predicted molar refractivity (Wildman–Crippen MR) is 84.9 cm³/mol. The summed E-state index contributed by atoms with van der Waals surface area (Å²) >= 11 is 0. The van der Waals surface area contributed by atoms with Gasteiger partial charge < -0.3 is 0 Å². The Morgan fingerprint density at radius 3 is 2.04 bits per heavy atom. The molecule has 24 heavy (non-hydrogen) atoms. The highest BCUT2D eigenvalue weighted by Crippen LogP contribution is 2.49. The van der Waals surface area contributed by atoms with Gasteiger partial charge in [0, 0.05) is 12.1 Å². The summed E-state index contributed by atoms with van der Waals surface area (Å²) in [5.41, 5.74) is 0.575. The highest BCUT2D eigenvalue weighted by atomic mass is 16.6. The van der Waals surface area contributed by atoms with Gasteiger partial charge in [0.15, 0.2) is 0 Å². The zero-order valence-corrected chi connectivity index (χ0v) is 12.7. The second kappa shape index (κ2) is 5.36. The summed E-state index contributed by atoms with van der Waals surface area (Å²) < 4.78 is 0. The minimum atomic E-state index is -0.484. The number of imide groups is 1. The second-order valence-corrected chi connectivity index (χ2v) is 6.42. The topological polar surface area (TPSA) is 92.9 Å². The van der Waals surface area contributed by atoms with Crippen LogP contribution < -0.4 is 0 Å². The maximum atomic E-state index is 12.6. The van der Waals surface area contributed by atoms with Crippen molar-refractivity contribution in [1.29, 1.82) is 0 Å². The van der Waals surface area contributed by atoms with Gasteiger partial charge in [-0.05, 0) is 42.4 Å². The highest BCUT2D eigenvalue weighted by Gasteiger charge is 2.56. The van der Waals surface area contributed by atoms with Crippen LogP contribution in [0.25, 0.3) is 0 Å². The van der Waals surface area contributed by atoms with Crippen LogP contribution in [0.2, 0.25) is 0 Å². The largest absolute Gasteiger partial charge is 0.272 e. The standard InChI is InChI=1S/C17H15N3O4/c21-16-14-11-3-4-12(6-5-11)15(14)17(22)19(16)18-9-10-1-7-13(8-2-10)20(23)24/h1-4,7-9,11-12,14-15H,5-6H2. The Bertz CT molecular complexity index is 752. The van der Waals surface area contributed by atoms with Gasteiger partial charge in [-0.1, -0.05) is 12.2 Å². The van der Waals surface area contributed by atoms with Crippen molar-refractivity contribution in [2.24, 2.45) is 28.8 Å². The van der Waals surface area contributed by atoms with E-state index in [1.807, 2.05) is 0 Å². The SMILES string of the molecule is O=C1C2C3C=CC(CC3)C2C(=O)N1N=Cc1ccc([N+](=O)[O-])cc1. The molecule has 2 bridgehead atoms. The van der Waals surface area contributed by atoms with E-state index in [2.05, 4.69) is 17.3 Å². The van der Waals surface area contributed by atoms with Crippen LogP contribution in [0.1, 0.15) is 18.4 Å². The number of nitro benzene ring substituents is 1. The van der Waals surface area contributed by atoms with E-state index in [-0.39, 0.29) is 41.2 Å². The average molecular weight is 325 g/mol. The lowest BCUT2D eigenvalue weighted by Gasteiger charge is -2.37. The molecule has 0 radical (unpaired) electrons. The maximum Gasteiger partial charge on any atom is 0.269 e. The Kier molecular flexibility index (Phi) is 3.30. The summed E-state index contributed by atoms with van der Waals surface area (Å²) in [6, 6.07) is 5.79. The molecule has 122 valence electrons. The zero-order valence-electron chi connectivity index (χ0n) is 12.7. The van der Waals surface area contributed by atoms with Gasteiger partial charge in [-0.15, -0.1) is 0 Å². The fourth-order valence-electron chi connectivity index (χ4n) is 3.98. The van der Waals surface area contributed by atoms with Crippen LogP contribution in [0.3, 0.4) is 0 Å². The number of hydrogen-bond donors (Lipinski definition) is 0. The van der Waals surface area contributed by atoms with Crippen LogP contribution in [0.5, 0.6) is 0 Å². The van der Waals surface area contributed by atoms with E-state index in [4.69, 9.17) is 0 Å². The number of fused-ring (bicyclic) bond motifs is 1.